The first-order chi connectivity index (χ1) is 29.3. The second-order valence-corrected chi connectivity index (χ2v) is 17.6. The van der Waals surface area contributed by atoms with Crippen molar-refractivity contribution in [2.45, 2.75) is 269 Å². The van der Waals surface area contributed by atoms with Crippen molar-refractivity contribution in [3.05, 3.63) is 36.5 Å². The van der Waals surface area contributed by atoms with Crippen LogP contribution in [0.1, 0.15) is 226 Å². The molecule has 1 saturated heterocycles. The van der Waals surface area contributed by atoms with E-state index in [-0.39, 0.29) is 12.5 Å². The van der Waals surface area contributed by atoms with E-state index in [2.05, 4.69) is 43.5 Å². The average Bonchev–Trinajstić information content (AvgIpc) is 3.25. The fraction of sp³-hybridized carbons (Fsp3) is 0.863. The van der Waals surface area contributed by atoms with Gasteiger partial charge in [-0.05, 0) is 57.8 Å². The van der Waals surface area contributed by atoms with Gasteiger partial charge in [0.15, 0.2) is 6.29 Å². The zero-order valence-corrected chi connectivity index (χ0v) is 38.7. The number of hydrogen-bond donors (Lipinski definition) is 6. The predicted octanol–water partition coefficient (Wildman–Crippen LogP) is 11.2. The van der Waals surface area contributed by atoms with Crippen molar-refractivity contribution in [3.8, 4) is 0 Å². The van der Waals surface area contributed by atoms with Crippen LogP contribution in [0.2, 0.25) is 0 Å². The molecule has 1 heterocycles. The normalized spacial score (nSPS) is 20.8. The third-order valence-electron chi connectivity index (χ3n) is 11.9. The number of ether oxygens (including phenoxy) is 2. The molecular weight excluding hydrogens is 755 g/mol. The second-order valence-electron chi connectivity index (χ2n) is 17.6. The maximum atomic E-state index is 13.0. The third kappa shape index (κ3) is 31.3. The van der Waals surface area contributed by atoms with Gasteiger partial charge < -0.3 is 40.3 Å². The summed E-state index contributed by atoms with van der Waals surface area (Å²) in [5.41, 5.74) is 0. The molecule has 0 bridgehead atoms. The Hall–Kier alpha value is -1.59. The van der Waals surface area contributed by atoms with Crippen molar-refractivity contribution in [3.63, 3.8) is 0 Å². The molecule has 6 N–H and O–H groups in total. The van der Waals surface area contributed by atoms with Crippen LogP contribution >= 0.6 is 0 Å². The lowest BCUT2D eigenvalue weighted by atomic mass is 9.99. The molecule has 0 aromatic carbocycles. The van der Waals surface area contributed by atoms with Crippen LogP contribution in [-0.2, 0) is 14.3 Å². The second kappa shape index (κ2) is 41.4. The number of rotatable bonds is 42. The Morgan fingerprint density at radius 2 is 0.950 bits per heavy atom. The van der Waals surface area contributed by atoms with Crippen molar-refractivity contribution >= 4 is 5.91 Å². The topological polar surface area (TPSA) is 149 Å². The Morgan fingerprint density at radius 3 is 1.40 bits per heavy atom. The summed E-state index contributed by atoms with van der Waals surface area (Å²) in [4.78, 5) is 13.0. The largest absolute Gasteiger partial charge is 0.394 e. The van der Waals surface area contributed by atoms with E-state index in [1.807, 2.05) is 6.08 Å². The highest BCUT2D eigenvalue weighted by Gasteiger charge is 2.44. The minimum absolute atomic E-state index is 0.190. The number of allylic oxidation sites excluding steroid dienone is 5. The molecule has 60 heavy (non-hydrogen) atoms. The Morgan fingerprint density at radius 1 is 0.550 bits per heavy atom. The fourth-order valence-electron chi connectivity index (χ4n) is 7.87. The van der Waals surface area contributed by atoms with E-state index >= 15 is 0 Å². The van der Waals surface area contributed by atoms with E-state index in [4.69, 9.17) is 9.47 Å². The standard InChI is InChI=1S/C51H95NO8/c1-3-5-7-9-11-13-15-17-19-21-22-23-24-25-27-29-31-33-35-37-39-41-47(55)52-44(43-59-51-50(58)49(57)48(56)46(42-53)60-51)45(54)40-38-36-34-32-30-28-26-20-18-16-14-12-10-8-6-4-2/h23-24,30,32,38,40,44-46,48-51,53-54,56-58H,3-22,25-29,31,33-37,39,41-43H2,1-2H3,(H,52,55)/b24-23-,32-30+,40-38+. The van der Waals surface area contributed by atoms with Crippen molar-refractivity contribution < 1.29 is 39.8 Å². The molecule has 1 aliphatic rings. The molecule has 1 aliphatic heterocycles. The van der Waals surface area contributed by atoms with Gasteiger partial charge in [-0.25, -0.2) is 0 Å². The van der Waals surface area contributed by atoms with Gasteiger partial charge in [0.25, 0.3) is 0 Å². The Labute approximate surface area is 368 Å². The number of aliphatic hydroxyl groups is 5. The molecule has 1 rings (SSSR count). The van der Waals surface area contributed by atoms with Crippen LogP contribution in [0.25, 0.3) is 0 Å². The van der Waals surface area contributed by atoms with Gasteiger partial charge in [-0.3, -0.25) is 4.79 Å². The van der Waals surface area contributed by atoms with Gasteiger partial charge in [-0.15, -0.1) is 0 Å². The van der Waals surface area contributed by atoms with Crippen molar-refractivity contribution in [2.24, 2.45) is 0 Å². The highest BCUT2D eigenvalue weighted by Crippen LogP contribution is 2.23. The van der Waals surface area contributed by atoms with E-state index < -0.39 is 49.5 Å². The fourth-order valence-corrected chi connectivity index (χ4v) is 7.87. The Kier molecular flexibility index (Phi) is 39.0. The quantitative estimate of drug-likeness (QED) is 0.0263. The first-order valence-electron chi connectivity index (χ1n) is 25.2. The number of amides is 1. The van der Waals surface area contributed by atoms with Crippen LogP contribution in [0, 0.1) is 0 Å². The van der Waals surface area contributed by atoms with Gasteiger partial charge in [0, 0.05) is 6.42 Å². The van der Waals surface area contributed by atoms with Gasteiger partial charge in [-0.1, -0.05) is 198 Å². The van der Waals surface area contributed by atoms with Gasteiger partial charge in [0.05, 0.1) is 25.4 Å². The number of hydrogen-bond acceptors (Lipinski definition) is 8. The molecule has 9 heteroatoms. The highest BCUT2D eigenvalue weighted by molar-refractivity contribution is 5.76. The number of aliphatic hydroxyl groups excluding tert-OH is 5. The molecule has 352 valence electrons. The van der Waals surface area contributed by atoms with E-state index in [0.29, 0.717) is 6.42 Å². The van der Waals surface area contributed by atoms with Crippen molar-refractivity contribution in [1.82, 2.24) is 5.32 Å². The molecule has 0 spiro atoms. The molecular formula is C51H95NO8. The summed E-state index contributed by atoms with van der Waals surface area (Å²) >= 11 is 0. The van der Waals surface area contributed by atoms with Crippen LogP contribution in [0.5, 0.6) is 0 Å². The van der Waals surface area contributed by atoms with Crippen LogP contribution in [0.3, 0.4) is 0 Å². The summed E-state index contributed by atoms with van der Waals surface area (Å²) < 4.78 is 11.2. The van der Waals surface area contributed by atoms with Gasteiger partial charge in [0.1, 0.15) is 24.4 Å². The summed E-state index contributed by atoms with van der Waals surface area (Å²) in [5.74, 6) is -0.190. The smallest absolute Gasteiger partial charge is 0.220 e. The van der Waals surface area contributed by atoms with Crippen molar-refractivity contribution in [2.75, 3.05) is 13.2 Å². The van der Waals surface area contributed by atoms with Crippen LogP contribution in [0.4, 0.5) is 0 Å². The zero-order valence-electron chi connectivity index (χ0n) is 38.7. The van der Waals surface area contributed by atoms with Gasteiger partial charge >= 0.3 is 0 Å². The monoisotopic (exact) mass is 850 g/mol. The molecule has 0 aliphatic carbocycles. The summed E-state index contributed by atoms with van der Waals surface area (Å²) in [6.45, 7) is 3.76. The summed E-state index contributed by atoms with van der Waals surface area (Å²) in [7, 11) is 0. The first-order valence-corrected chi connectivity index (χ1v) is 25.2. The average molecular weight is 850 g/mol. The van der Waals surface area contributed by atoms with Gasteiger partial charge in [-0.2, -0.15) is 0 Å². The highest BCUT2D eigenvalue weighted by atomic mass is 16.7. The van der Waals surface area contributed by atoms with Crippen LogP contribution in [0.15, 0.2) is 36.5 Å². The lowest BCUT2D eigenvalue weighted by Gasteiger charge is -2.40. The van der Waals surface area contributed by atoms with Gasteiger partial charge in [0.2, 0.25) is 5.91 Å². The zero-order chi connectivity index (χ0) is 43.7. The van der Waals surface area contributed by atoms with Crippen LogP contribution in [-0.4, -0.2) is 87.5 Å². The molecule has 1 amide bonds. The maximum Gasteiger partial charge on any atom is 0.220 e. The summed E-state index contributed by atoms with van der Waals surface area (Å²) in [6.07, 6.45) is 44.8. The number of unbranched alkanes of at least 4 members (excludes halogenated alkanes) is 28. The Balaban J connectivity index is 2.32. The molecule has 0 radical (unpaired) electrons. The first kappa shape index (κ1) is 56.4. The number of nitrogens with one attached hydrogen (secondary N) is 1. The lowest BCUT2D eigenvalue weighted by molar-refractivity contribution is -0.302. The molecule has 1 fully saturated rings. The van der Waals surface area contributed by atoms with E-state index in [1.165, 1.54) is 154 Å². The van der Waals surface area contributed by atoms with Crippen LogP contribution < -0.4 is 5.32 Å². The molecule has 9 nitrogen and oxygen atoms in total. The molecule has 0 saturated carbocycles. The molecule has 7 atom stereocenters. The lowest BCUT2D eigenvalue weighted by Crippen LogP contribution is -2.60. The summed E-state index contributed by atoms with van der Waals surface area (Å²) in [6, 6.07) is -0.822. The Bertz CT molecular complexity index is 1030. The number of carbonyl (C=O) groups excluding carboxylic acids is 1. The number of carbonyl (C=O) groups is 1. The van der Waals surface area contributed by atoms with E-state index in [9.17, 15) is 30.3 Å². The SMILES string of the molecule is CCCCCCCCCCCC/C=C\CCCCCCCCCC(=O)NC(COC1OC(CO)C(O)C(O)C1O)C(O)/C=C/CC/C=C/CCCCCCCCCCCC. The molecule has 0 aromatic rings. The minimum Gasteiger partial charge on any atom is -0.394 e. The predicted molar refractivity (Wildman–Crippen MR) is 249 cm³/mol. The van der Waals surface area contributed by atoms with E-state index in [1.54, 1.807) is 6.08 Å². The maximum absolute atomic E-state index is 13.0. The molecule has 7 unspecified atom stereocenters. The third-order valence-corrected chi connectivity index (χ3v) is 11.9. The van der Waals surface area contributed by atoms with Crippen molar-refractivity contribution in [1.29, 1.82) is 0 Å². The summed E-state index contributed by atoms with van der Waals surface area (Å²) in [5, 5.41) is 54.3. The molecule has 0 aromatic heterocycles. The minimum atomic E-state index is -1.57. The van der Waals surface area contributed by atoms with E-state index in [0.717, 1.165) is 51.4 Å².